The monoisotopic (exact) mass is 463 g/mol. The Kier molecular flexibility index (Phi) is 7.42. The number of hydrogen-bond donors (Lipinski definition) is 3. The molecule has 0 bridgehead atoms. The predicted molar refractivity (Wildman–Crippen MR) is 109 cm³/mol. The first-order valence-corrected chi connectivity index (χ1v) is 10.7. The zero-order valence-corrected chi connectivity index (χ0v) is 17.5. The number of benzene rings is 1. The van der Waals surface area contributed by atoms with Crippen molar-refractivity contribution >= 4 is 11.6 Å². The maximum atomic E-state index is 13.0. The van der Waals surface area contributed by atoms with E-state index in [2.05, 4.69) is 22.5 Å². The maximum Gasteiger partial charge on any atom is 0.416 e. The van der Waals surface area contributed by atoms with Crippen LogP contribution in [0.15, 0.2) is 30.5 Å². The molecule has 1 saturated heterocycles. The van der Waals surface area contributed by atoms with Gasteiger partial charge in [0, 0.05) is 29.9 Å². The lowest BCUT2D eigenvalue weighted by atomic mass is 9.83. The molecular formula is C22H27F6N3O. The number of anilines is 1. The van der Waals surface area contributed by atoms with Crippen molar-refractivity contribution in [2.75, 3.05) is 11.9 Å². The number of rotatable bonds is 6. The van der Waals surface area contributed by atoms with Crippen molar-refractivity contribution in [1.82, 2.24) is 10.6 Å². The minimum Gasteiger partial charge on any atom is -0.385 e. The lowest BCUT2D eigenvalue weighted by Gasteiger charge is -2.31. The van der Waals surface area contributed by atoms with Gasteiger partial charge in [0.25, 0.3) is 0 Å². The number of halogens is 6. The second-order valence-corrected chi connectivity index (χ2v) is 8.58. The van der Waals surface area contributed by atoms with Crippen molar-refractivity contribution in [3.05, 3.63) is 41.6 Å². The number of hydrogen-bond acceptors (Lipinski definition) is 3. The van der Waals surface area contributed by atoms with E-state index >= 15 is 0 Å². The summed E-state index contributed by atoms with van der Waals surface area (Å²) < 4.78 is 77.9. The number of nitrogens with one attached hydrogen (secondary N) is 3. The van der Waals surface area contributed by atoms with Crippen LogP contribution in [0.3, 0.4) is 0 Å². The SMILES string of the molecule is C=C(NC1CCC(CC(=O)Nc2cc(C(F)(F)F)cc(C(F)(F)F)c2)CC1)[C@@H]1CCCN1. The molecule has 1 amide bonds. The average Bonchev–Trinajstić information content (AvgIpc) is 3.23. The van der Waals surface area contributed by atoms with E-state index in [1.807, 2.05) is 0 Å². The molecule has 1 aliphatic carbocycles. The zero-order valence-electron chi connectivity index (χ0n) is 17.5. The molecule has 178 valence electrons. The molecule has 32 heavy (non-hydrogen) atoms. The van der Waals surface area contributed by atoms with Crippen LogP contribution in [0.4, 0.5) is 32.0 Å². The standard InChI is InChI=1S/C22H27F6N3O/c1-13(19-3-2-8-29-19)30-17-6-4-14(5-7-17)9-20(32)31-18-11-15(21(23,24)25)10-16(12-18)22(26,27)28/h10-12,14,17,19,29-30H,1-9H2,(H,31,32)/t14?,17?,19-/m0/s1. The second kappa shape index (κ2) is 9.72. The topological polar surface area (TPSA) is 53.2 Å². The van der Waals surface area contributed by atoms with Crippen LogP contribution in [0.1, 0.15) is 56.1 Å². The summed E-state index contributed by atoms with van der Waals surface area (Å²) in [7, 11) is 0. The van der Waals surface area contributed by atoms with Gasteiger partial charge < -0.3 is 16.0 Å². The molecule has 0 spiro atoms. The third kappa shape index (κ3) is 6.63. The van der Waals surface area contributed by atoms with Crippen LogP contribution < -0.4 is 16.0 Å². The van der Waals surface area contributed by atoms with Crippen LogP contribution >= 0.6 is 0 Å². The summed E-state index contributed by atoms with van der Waals surface area (Å²) >= 11 is 0. The lowest BCUT2D eigenvalue weighted by Crippen LogP contribution is -2.39. The van der Waals surface area contributed by atoms with Gasteiger partial charge in [0.1, 0.15) is 0 Å². The molecule has 1 heterocycles. The van der Waals surface area contributed by atoms with Crippen molar-refractivity contribution in [1.29, 1.82) is 0 Å². The molecule has 1 aliphatic heterocycles. The molecule has 3 rings (SSSR count). The van der Waals surface area contributed by atoms with E-state index in [-0.39, 0.29) is 30.5 Å². The van der Waals surface area contributed by atoms with Crippen LogP contribution in [-0.2, 0) is 17.1 Å². The number of amides is 1. The van der Waals surface area contributed by atoms with Gasteiger partial charge in [-0.1, -0.05) is 6.58 Å². The van der Waals surface area contributed by atoms with Gasteiger partial charge in [-0.2, -0.15) is 26.3 Å². The molecule has 4 nitrogen and oxygen atoms in total. The first-order valence-electron chi connectivity index (χ1n) is 10.7. The second-order valence-electron chi connectivity index (χ2n) is 8.58. The molecule has 1 aromatic carbocycles. The molecule has 3 N–H and O–H groups in total. The van der Waals surface area contributed by atoms with Crippen molar-refractivity contribution < 1.29 is 31.1 Å². The summed E-state index contributed by atoms with van der Waals surface area (Å²) in [5.74, 6) is -0.563. The fourth-order valence-corrected chi connectivity index (χ4v) is 4.36. The molecule has 2 fully saturated rings. The number of carbonyl (C=O) groups excluding carboxylic acids is 1. The smallest absolute Gasteiger partial charge is 0.385 e. The first kappa shape index (κ1) is 24.4. The van der Waals surface area contributed by atoms with Gasteiger partial charge >= 0.3 is 12.4 Å². The van der Waals surface area contributed by atoms with Crippen LogP contribution in [0.2, 0.25) is 0 Å². The quantitative estimate of drug-likeness (QED) is 0.491. The van der Waals surface area contributed by atoms with Gasteiger partial charge in [0.2, 0.25) is 5.91 Å². The summed E-state index contributed by atoms with van der Waals surface area (Å²) in [6, 6.07) is 1.61. The minimum absolute atomic E-state index is 0.0267. The number of carbonyl (C=O) groups is 1. The molecule has 0 unspecified atom stereocenters. The maximum absolute atomic E-state index is 13.0. The Labute approximate surface area is 182 Å². The van der Waals surface area contributed by atoms with E-state index in [9.17, 15) is 31.1 Å². The lowest BCUT2D eigenvalue weighted by molar-refractivity contribution is -0.143. The third-order valence-corrected chi connectivity index (χ3v) is 6.06. The van der Waals surface area contributed by atoms with Crippen molar-refractivity contribution in [3.8, 4) is 0 Å². The molecule has 0 radical (unpaired) electrons. The van der Waals surface area contributed by atoms with Gasteiger partial charge in [0.05, 0.1) is 11.1 Å². The minimum atomic E-state index is -4.95. The molecular weight excluding hydrogens is 436 g/mol. The first-order chi connectivity index (χ1) is 14.9. The van der Waals surface area contributed by atoms with Crippen LogP contribution in [0, 0.1) is 5.92 Å². The third-order valence-electron chi connectivity index (χ3n) is 6.06. The largest absolute Gasteiger partial charge is 0.416 e. The highest BCUT2D eigenvalue weighted by Crippen LogP contribution is 2.37. The molecule has 1 saturated carbocycles. The van der Waals surface area contributed by atoms with Crippen molar-refractivity contribution in [2.24, 2.45) is 5.92 Å². The highest BCUT2D eigenvalue weighted by atomic mass is 19.4. The Bertz CT molecular complexity index is 790. The summed E-state index contributed by atoms with van der Waals surface area (Å²) in [5.41, 5.74) is -2.45. The Morgan fingerprint density at radius 1 is 0.969 bits per heavy atom. The summed E-state index contributed by atoms with van der Waals surface area (Å²) in [5, 5.41) is 9.04. The zero-order chi connectivity index (χ0) is 23.5. The molecule has 10 heteroatoms. The van der Waals surface area contributed by atoms with E-state index in [1.54, 1.807) is 0 Å². The fraction of sp³-hybridized carbons (Fsp3) is 0.591. The van der Waals surface area contributed by atoms with Gasteiger partial charge in [0.15, 0.2) is 0 Å². The summed E-state index contributed by atoms with van der Waals surface area (Å²) in [6.45, 7) is 5.07. The normalized spacial score (nSPS) is 24.2. The van der Waals surface area contributed by atoms with Crippen LogP contribution in [0.25, 0.3) is 0 Å². The highest BCUT2D eigenvalue weighted by Gasteiger charge is 2.37. The van der Waals surface area contributed by atoms with E-state index < -0.39 is 35.1 Å². The van der Waals surface area contributed by atoms with Crippen molar-refractivity contribution in [3.63, 3.8) is 0 Å². The average molecular weight is 463 g/mol. The summed E-state index contributed by atoms with van der Waals surface area (Å²) in [4.78, 5) is 12.3. The van der Waals surface area contributed by atoms with Gasteiger partial charge in [-0.25, -0.2) is 0 Å². The van der Waals surface area contributed by atoms with E-state index in [1.165, 1.54) is 0 Å². The highest BCUT2D eigenvalue weighted by molar-refractivity contribution is 5.91. The Hall–Kier alpha value is -2.23. The molecule has 2 aliphatic rings. The van der Waals surface area contributed by atoms with E-state index in [4.69, 9.17) is 0 Å². The van der Waals surface area contributed by atoms with Crippen molar-refractivity contribution in [2.45, 2.75) is 69.4 Å². The van der Waals surface area contributed by atoms with Crippen LogP contribution in [0.5, 0.6) is 0 Å². The van der Waals surface area contributed by atoms with Gasteiger partial charge in [-0.15, -0.1) is 0 Å². The van der Waals surface area contributed by atoms with Crippen LogP contribution in [-0.4, -0.2) is 24.5 Å². The van der Waals surface area contributed by atoms with Gasteiger partial charge in [-0.3, -0.25) is 4.79 Å². The number of alkyl halides is 6. The Morgan fingerprint density at radius 3 is 2.06 bits per heavy atom. The molecule has 1 aromatic rings. The fourth-order valence-electron chi connectivity index (χ4n) is 4.36. The predicted octanol–water partition coefficient (Wildman–Crippen LogP) is 5.47. The van der Waals surface area contributed by atoms with Gasteiger partial charge in [-0.05, 0) is 69.2 Å². The molecule has 1 atom stereocenters. The molecule has 0 aromatic heterocycles. The van der Waals surface area contributed by atoms with E-state index in [0.29, 0.717) is 12.1 Å². The Morgan fingerprint density at radius 2 is 1.56 bits per heavy atom. The summed E-state index contributed by atoms with van der Waals surface area (Å²) in [6.07, 6.45) is -4.56. The van der Waals surface area contributed by atoms with E-state index in [0.717, 1.165) is 50.8 Å². The Balaban J connectivity index is 1.53.